The molecule has 1 unspecified atom stereocenters. The van der Waals surface area contributed by atoms with Gasteiger partial charge in [-0.3, -0.25) is 4.79 Å². The molecule has 270 valence electrons. The highest BCUT2D eigenvalue weighted by Gasteiger charge is 2.81. The van der Waals surface area contributed by atoms with Crippen molar-refractivity contribution in [3.05, 3.63) is 53.6 Å². The van der Waals surface area contributed by atoms with Crippen molar-refractivity contribution in [1.29, 1.82) is 0 Å². The minimum absolute atomic E-state index is 0.0283. The zero-order valence-corrected chi connectivity index (χ0v) is 27.3. The van der Waals surface area contributed by atoms with Crippen LogP contribution in [0.25, 0.3) is 0 Å². The molecule has 0 radical (unpaired) electrons. The van der Waals surface area contributed by atoms with Crippen LogP contribution in [0.2, 0.25) is 0 Å². The van der Waals surface area contributed by atoms with Gasteiger partial charge in [0.25, 0.3) is 0 Å². The van der Waals surface area contributed by atoms with Crippen LogP contribution in [-0.2, 0) is 10.2 Å². The summed E-state index contributed by atoms with van der Waals surface area (Å²) < 4.78 is 117. The van der Waals surface area contributed by atoms with E-state index < -0.39 is 55.1 Å². The molecule has 14 heteroatoms. The molecule has 3 atom stereocenters. The maximum absolute atomic E-state index is 13.8. The first-order valence-electron chi connectivity index (χ1n) is 15.9. The molecule has 0 aliphatic carbocycles. The predicted molar refractivity (Wildman–Crippen MR) is 164 cm³/mol. The van der Waals surface area contributed by atoms with Gasteiger partial charge in [0, 0.05) is 22.5 Å². The minimum atomic E-state index is -6.95. The van der Waals surface area contributed by atoms with Crippen LogP contribution in [0.4, 0.5) is 39.5 Å². The van der Waals surface area contributed by atoms with Crippen molar-refractivity contribution in [2.24, 2.45) is 5.92 Å². The Labute approximate surface area is 278 Å². The van der Waals surface area contributed by atoms with Crippen LogP contribution in [0.1, 0.15) is 101 Å². The summed E-state index contributed by atoms with van der Waals surface area (Å²) >= 11 is 1.69. The molecule has 0 saturated heterocycles. The normalized spacial score (nSPS) is 19.6. The lowest BCUT2D eigenvalue weighted by molar-refractivity contribution is -0.396. The van der Waals surface area contributed by atoms with Crippen molar-refractivity contribution in [3.63, 3.8) is 0 Å². The van der Waals surface area contributed by atoms with Crippen LogP contribution in [0.15, 0.2) is 47.4 Å². The topological polar surface area (TPSA) is 77.8 Å². The predicted octanol–water partition coefficient (Wildman–Crippen LogP) is 11.1. The molecule has 0 spiro atoms. The van der Waals surface area contributed by atoms with Gasteiger partial charge in [0.1, 0.15) is 11.5 Å². The fraction of sp³-hybridized carbons (Fsp3) is 0.618. The number of benzene rings is 2. The zero-order valence-electron chi connectivity index (χ0n) is 26.4. The zero-order chi connectivity index (χ0) is 36.0. The van der Waals surface area contributed by atoms with E-state index in [1.165, 1.54) is 5.56 Å². The third-order valence-corrected chi connectivity index (χ3v) is 10.8. The van der Waals surface area contributed by atoms with E-state index in [4.69, 9.17) is 0 Å². The SMILES string of the molecule is C[C@]1(c2ccc(O)cc2)CSc2cc(O)ccc2[C@H]1CCCCCCCCCC(CCCC(F)(F)C(F)(F)C(F)(F)C(F)(F)F)C(=O)O. The molecule has 0 fully saturated rings. The van der Waals surface area contributed by atoms with E-state index in [9.17, 15) is 59.6 Å². The first-order valence-corrected chi connectivity index (χ1v) is 16.9. The number of phenols is 2. The van der Waals surface area contributed by atoms with E-state index in [0.717, 1.165) is 54.7 Å². The fourth-order valence-electron chi connectivity index (χ4n) is 6.36. The quantitative estimate of drug-likeness (QED) is 0.106. The van der Waals surface area contributed by atoms with Gasteiger partial charge >= 0.3 is 29.9 Å². The Morgan fingerprint density at radius 2 is 1.33 bits per heavy atom. The number of unbranched alkanes of at least 4 members (excludes halogenated alkanes) is 6. The molecule has 2 aromatic rings. The van der Waals surface area contributed by atoms with Gasteiger partial charge in [-0.05, 0) is 67.0 Å². The Morgan fingerprint density at radius 1 is 0.792 bits per heavy atom. The largest absolute Gasteiger partial charge is 0.508 e. The molecule has 0 saturated carbocycles. The lowest BCUT2D eigenvalue weighted by Gasteiger charge is -2.43. The number of halogens is 9. The smallest absolute Gasteiger partial charge is 0.460 e. The summed E-state index contributed by atoms with van der Waals surface area (Å²) in [5, 5.41) is 29.2. The second-order valence-electron chi connectivity index (χ2n) is 12.9. The third-order valence-electron chi connectivity index (χ3n) is 9.34. The number of hydrogen-bond acceptors (Lipinski definition) is 4. The highest BCUT2D eigenvalue weighted by Crippen LogP contribution is 2.55. The second kappa shape index (κ2) is 15.8. The second-order valence-corrected chi connectivity index (χ2v) is 13.9. The number of carbonyl (C=O) groups is 1. The maximum Gasteiger partial charge on any atom is 0.460 e. The molecule has 0 aromatic heterocycles. The Morgan fingerprint density at radius 3 is 1.92 bits per heavy atom. The van der Waals surface area contributed by atoms with Gasteiger partial charge in [0.2, 0.25) is 0 Å². The number of thioether (sulfide) groups is 1. The van der Waals surface area contributed by atoms with Crippen LogP contribution in [0.5, 0.6) is 11.5 Å². The van der Waals surface area contributed by atoms with Crippen molar-refractivity contribution < 1.29 is 59.6 Å². The molecule has 0 amide bonds. The van der Waals surface area contributed by atoms with Crippen molar-refractivity contribution in [1.82, 2.24) is 0 Å². The molecule has 2 aromatic carbocycles. The summed E-state index contributed by atoms with van der Waals surface area (Å²) in [7, 11) is 0. The number of aromatic hydroxyl groups is 2. The Kier molecular flexibility index (Phi) is 13.1. The van der Waals surface area contributed by atoms with Gasteiger partial charge in [-0.2, -0.15) is 39.5 Å². The molecule has 1 aliphatic heterocycles. The van der Waals surface area contributed by atoms with E-state index in [-0.39, 0.29) is 29.3 Å². The molecule has 0 bridgehead atoms. The van der Waals surface area contributed by atoms with Gasteiger partial charge in [-0.15, -0.1) is 11.8 Å². The Bertz CT molecular complexity index is 1350. The number of fused-ring (bicyclic) bond motifs is 1. The highest BCUT2D eigenvalue weighted by molar-refractivity contribution is 7.99. The van der Waals surface area contributed by atoms with Gasteiger partial charge < -0.3 is 15.3 Å². The summed E-state index contributed by atoms with van der Waals surface area (Å²) in [6.07, 6.45) is -4.10. The van der Waals surface area contributed by atoms with Crippen LogP contribution in [-0.4, -0.2) is 51.0 Å². The fourth-order valence-corrected chi connectivity index (χ4v) is 7.76. The molecule has 48 heavy (non-hydrogen) atoms. The Hall–Kier alpha value is -2.77. The monoisotopic (exact) mass is 716 g/mol. The Balaban J connectivity index is 1.42. The van der Waals surface area contributed by atoms with Crippen LogP contribution in [0.3, 0.4) is 0 Å². The first-order chi connectivity index (χ1) is 22.2. The molecule has 4 nitrogen and oxygen atoms in total. The van der Waals surface area contributed by atoms with E-state index in [1.54, 1.807) is 36.0 Å². The van der Waals surface area contributed by atoms with E-state index in [2.05, 4.69) is 6.92 Å². The number of alkyl halides is 9. The van der Waals surface area contributed by atoms with Crippen molar-refractivity contribution in [2.45, 2.75) is 124 Å². The van der Waals surface area contributed by atoms with Crippen LogP contribution >= 0.6 is 11.8 Å². The van der Waals surface area contributed by atoms with Crippen molar-refractivity contribution in [2.75, 3.05) is 5.75 Å². The summed E-state index contributed by atoms with van der Waals surface area (Å²) in [5.41, 5.74) is 2.09. The average molecular weight is 717 g/mol. The number of aliphatic carboxylic acids is 1. The van der Waals surface area contributed by atoms with Crippen molar-refractivity contribution in [3.8, 4) is 11.5 Å². The van der Waals surface area contributed by atoms with Crippen LogP contribution < -0.4 is 0 Å². The van der Waals surface area contributed by atoms with Gasteiger partial charge in [-0.1, -0.05) is 70.1 Å². The minimum Gasteiger partial charge on any atom is -0.508 e. The molecular formula is C34H41F9O4S. The van der Waals surface area contributed by atoms with Crippen LogP contribution in [0, 0.1) is 5.92 Å². The standard InChI is InChI=1S/C34H41F9O4S/c1-30(23-13-15-24(44)16-14-23)21-48-28-20-25(45)17-18-26(28)27(30)12-8-6-4-2-3-5-7-10-22(29(46)47)11-9-19-31(35,36)32(37,38)33(39,40)34(41,42)43/h13-18,20,22,27,44-45H,2-12,19,21H2,1H3,(H,46,47)/t22?,27-,30-/m1/s1. The van der Waals surface area contributed by atoms with E-state index in [0.29, 0.717) is 12.8 Å². The number of carboxylic acids is 1. The number of carboxylic acid groups (broad SMARTS) is 1. The molecule has 3 N–H and O–H groups in total. The van der Waals surface area contributed by atoms with Gasteiger partial charge in [0.05, 0.1) is 5.92 Å². The molecule has 3 rings (SSSR count). The summed E-state index contributed by atoms with van der Waals surface area (Å²) in [5.74, 6) is -20.6. The van der Waals surface area contributed by atoms with Gasteiger partial charge in [0.15, 0.2) is 0 Å². The number of hydrogen-bond donors (Lipinski definition) is 3. The average Bonchev–Trinajstić information content (AvgIpc) is 2.99. The summed E-state index contributed by atoms with van der Waals surface area (Å²) in [4.78, 5) is 12.6. The molecular weight excluding hydrogens is 675 g/mol. The van der Waals surface area contributed by atoms with Crippen molar-refractivity contribution >= 4 is 17.7 Å². The highest BCUT2D eigenvalue weighted by atomic mass is 32.2. The number of rotatable bonds is 18. The number of phenolic OH excluding ortho intramolecular Hbond substituents is 2. The maximum atomic E-state index is 13.8. The molecule has 1 heterocycles. The molecule has 1 aliphatic rings. The first kappa shape index (κ1) is 39.7. The summed E-state index contributed by atoms with van der Waals surface area (Å²) in [6, 6.07) is 12.7. The van der Waals surface area contributed by atoms with Gasteiger partial charge in [-0.25, -0.2) is 0 Å². The third kappa shape index (κ3) is 9.06. The lowest BCUT2D eigenvalue weighted by atomic mass is 9.68. The summed E-state index contributed by atoms with van der Waals surface area (Å²) in [6.45, 7) is 2.21. The lowest BCUT2D eigenvalue weighted by Crippen LogP contribution is -2.60. The van der Waals surface area contributed by atoms with E-state index in [1.807, 2.05) is 18.2 Å². The van der Waals surface area contributed by atoms with E-state index >= 15 is 0 Å².